The number of H-pyrrole nitrogens is 1. The van der Waals surface area contributed by atoms with Crippen LogP contribution in [-0.4, -0.2) is 9.97 Å². The number of hydrogen-bond donors (Lipinski definition) is 1. The molecule has 0 aliphatic carbocycles. The molecule has 0 aliphatic heterocycles. The van der Waals surface area contributed by atoms with Crippen LogP contribution in [0.5, 0.6) is 0 Å². The molecule has 0 spiro atoms. The quantitative estimate of drug-likeness (QED) is 0.492. The number of para-hydroxylation sites is 1. The summed E-state index contributed by atoms with van der Waals surface area (Å²) in [5, 5.41) is 5.15. The molecule has 0 radical (unpaired) electrons. The first-order valence-corrected chi connectivity index (χ1v) is 8.19. The molecule has 0 saturated carbocycles. The van der Waals surface area contributed by atoms with Gasteiger partial charge in [0.05, 0.1) is 5.52 Å². The van der Waals surface area contributed by atoms with E-state index in [-0.39, 0.29) is 0 Å². The number of hydrogen-bond acceptors (Lipinski definition) is 3. The Morgan fingerprint density at radius 3 is 2.45 bits per heavy atom. The monoisotopic (exact) mass is 326 g/mol. The van der Waals surface area contributed by atoms with Crippen molar-refractivity contribution in [3.8, 4) is 0 Å². The number of rotatable bonds is 0. The van der Waals surface area contributed by atoms with Crippen LogP contribution in [0.15, 0.2) is 42.7 Å². The van der Waals surface area contributed by atoms with Crippen molar-refractivity contribution in [3.05, 3.63) is 53.9 Å². The minimum atomic E-state index is -2.00. The maximum absolute atomic E-state index is 8.50. The Morgan fingerprint density at radius 2 is 1.68 bits per heavy atom. The van der Waals surface area contributed by atoms with Gasteiger partial charge in [-0.3, -0.25) is 4.98 Å². The summed E-state index contributed by atoms with van der Waals surface area (Å²) in [5.41, 5.74) is 5.06. The van der Waals surface area contributed by atoms with Gasteiger partial charge in [-0.15, -0.1) is 0 Å². The average Bonchev–Trinajstić information content (AvgIpc) is 2.93. The SMILES string of the molecule is Cc1c2ccncc2c(C)c2c1[nH]c1ccccc12.[O]=[Ti]=[O]. The molecule has 2 aromatic carbocycles. The Bertz CT molecular complexity index is 1030. The molecule has 1 N–H and O–H groups in total. The maximum atomic E-state index is 8.50. The van der Waals surface area contributed by atoms with E-state index in [0.29, 0.717) is 0 Å². The molecule has 0 saturated heterocycles. The van der Waals surface area contributed by atoms with Gasteiger partial charge in [-0.25, -0.2) is 0 Å². The Labute approximate surface area is 136 Å². The van der Waals surface area contributed by atoms with E-state index in [0.717, 1.165) is 0 Å². The van der Waals surface area contributed by atoms with Gasteiger partial charge in [-0.05, 0) is 42.5 Å². The van der Waals surface area contributed by atoms with Crippen LogP contribution in [0.4, 0.5) is 0 Å². The summed E-state index contributed by atoms with van der Waals surface area (Å²) >= 11 is -2.00. The Hall–Kier alpha value is -2.04. The van der Waals surface area contributed by atoms with Gasteiger partial charge < -0.3 is 4.98 Å². The summed E-state index contributed by atoms with van der Waals surface area (Å²) in [7, 11) is 0. The van der Waals surface area contributed by atoms with Gasteiger partial charge in [-0.2, -0.15) is 0 Å². The third-order valence-electron chi connectivity index (χ3n) is 4.09. The Morgan fingerprint density at radius 1 is 0.955 bits per heavy atom. The topological polar surface area (TPSA) is 62.8 Å². The molecule has 4 aromatic rings. The first-order chi connectivity index (χ1) is 10.7. The van der Waals surface area contributed by atoms with Crippen molar-refractivity contribution < 1.29 is 25.7 Å². The number of nitrogens with zero attached hydrogens (tertiary/aromatic N) is 1. The minimum absolute atomic E-state index is 1.20. The van der Waals surface area contributed by atoms with Crippen molar-refractivity contribution in [1.82, 2.24) is 9.97 Å². The fourth-order valence-electron chi connectivity index (χ4n) is 3.10. The Kier molecular flexibility index (Phi) is 4.05. The molecular formula is C17H14N2O2Ti. The molecule has 0 amide bonds. The zero-order valence-electron chi connectivity index (χ0n) is 12.3. The second kappa shape index (κ2) is 5.99. The number of fused-ring (bicyclic) bond motifs is 4. The average molecular weight is 326 g/mol. The molecule has 5 heteroatoms. The molecule has 2 aromatic heterocycles. The summed E-state index contributed by atoms with van der Waals surface area (Å²) in [6.45, 7) is 4.37. The van der Waals surface area contributed by atoms with Crippen LogP contribution in [0.25, 0.3) is 32.6 Å². The van der Waals surface area contributed by atoms with Gasteiger partial charge in [0.1, 0.15) is 0 Å². The van der Waals surface area contributed by atoms with Crippen LogP contribution in [0.1, 0.15) is 11.1 Å². The van der Waals surface area contributed by atoms with E-state index in [1.54, 1.807) is 0 Å². The third kappa shape index (κ3) is 2.25. The molecule has 0 fully saturated rings. The van der Waals surface area contributed by atoms with Gasteiger partial charge in [0, 0.05) is 34.1 Å². The fraction of sp³-hybridized carbons (Fsp3) is 0.118. The zero-order valence-corrected chi connectivity index (χ0v) is 13.9. The van der Waals surface area contributed by atoms with Gasteiger partial charge in [-0.1, -0.05) is 18.2 Å². The number of pyridine rings is 1. The van der Waals surface area contributed by atoms with Crippen molar-refractivity contribution >= 4 is 32.6 Å². The second-order valence-corrected chi connectivity index (χ2v) is 5.44. The van der Waals surface area contributed by atoms with E-state index in [1.807, 2.05) is 12.4 Å². The van der Waals surface area contributed by atoms with E-state index < -0.39 is 19.1 Å². The van der Waals surface area contributed by atoms with Gasteiger partial charge in [0.2, 0.25) is 0 Å². The van der Waals surface area contributed by atoms with Crippen molar-refractivity contribution in [3.63, 3.8) is 0 Å². The van der Waals surface area contributed by atoms with Crippen molar-refractivity contribution in [1.29, 1.82) is 0 Å². The standard InChI is InChI=1S/C17H14N2.2O.Ti/c1-10-14-9-18-8-7-12(14)11(2)17-16(10)13-5-3-4-6-15(13)19-17;;;/h3-9,19H,1-2H3;;;. The van der Waals surface area contributed by atoms with Crippen LogP contribution >= 0.6 is 0 Å². The number of benzene rings is 2. The summed E-state index contributed by atoms with van der Waals surface area (Å²) in [4.78, 5) is 7.83. The van der Waals surface area contributed by atoms with Crippen LogP contribution in [0.3, 0.4) is 0 Å². The molecular weight excluding hydrogens is 312 g/mol. The normalized spacial score (nSPS) is 10.5. The summed E-state index contributed by atoms with van der Waals surface area (Å²) in [6, 6.07) is 10.6. The fourth-order valence-corrected chi connectivity index (χ4v) is 3.10. The van der Waals surface area contributed by atoms with Crippen molar-refractivity contribution in [2.75, 3.05) is 0 Å². The summed E-state index contributed by atoms with van der Waals surface area (Å²) in [6.07, 6.45) is 3.84. The molecule has 0 unspecified atom stereocenters. The molecule has 2 heterocycles. The van der Waals surface area contributed by atoms with Crippen molar-refractivity contribution in [2.24, 2.45) is 0 Å². The first kappa shape index (κ1) is 14.9. The summed E-state index contributed by atoms with van der Waals surface area (Å²) < 4.78 is 17.0. The first-order valence-electron chi connectivity index (χ1n) is 6.91. The summed E-state index contributed by atoms with van der Waals surface area (Å²) in [5.74, 6) is 0. The second-order valence-electron chi connectivity index (χ2n) is 5.18. The van der Waals surface area contributed by atoms with Gasteiger partial charge in [0.15, 0.2) is 0 Å². The van der Waals surface area contributed by atoms with Gasteiger partial charge >= 0.3 is 25.7 Å². The van der Waals surface area contributed by atoms with E-state index in [2.05, 4.69) is 54.1 Å². The van der Waals surface area contributed by atoms with E-state index in [1.165, 1.54) is 43.7 Å². The third-order valence-corrected chi connectivity index (χ3v) is 4.09. The molecule has 4 nitrogen and oxygen atoms in total. The molecule has 0 atom stereocenters. The number of nitrogens with one attached hydrogen (secondary N) is 1. The van der Waals surface area contributed by atoms with E-state index in [4.69, 9.17) is 6.65 Å². The molecule has 4 rings (SSSR count). The predicted octanol–water partition coefficient (Wildman–Crippen LogP) is 4.25. The molecule has 0 aliphatic rings. The van der Waals surface area contributed by atoms with Crippen LogP contribution in [0, 0.1) is 13.8 Å². The van der Waals surface area contributed by atoms with E-state index >= 15 is 0 Å². The van der Waals surface area contributed by atoms with Crippen LogP contribution in [-0.2, 0) is 25.7 Å². The number of aryl methyl sites for hydroxylation is 2. The zero-order chi connectivity index (χ0) is 15.7. The van der Waals surface area contributed by atoms with Gasteiger partial charge in [0.25, 0.3) is 0 Å². The van der Waals surface area contributed by atoms with Crippen LogP contribution in [0.2, 0.25) is 0 Å². The van der Waals surface area contributed by atoms with Crippen LogP contribution < -0.4 is 0 Å². The Balaban J connectivity index is 0.000000446. The molecule has 0 bridgehead atoms. The van der Waals surface area contributed by atoms with Crippen molar-refractivity contribution in [2.45, 2.75) is 13.8 Å². The van der Waals surface area contributed by atoms with E-state index in [9.17, 15) is 0 Å². The molecule has 22 heavy (non-hydrogen) atoms. The molecule has 108 valence electrons. The number of aromatic nitrogens is 2. The predicted molar refractivity (Wildman–Crippen MR) is 82.0 cm³/mol. The number of aromatic amines is 1.